The van der Waals surface area contributed by atoms with Crippen molar-refractivity contribution in [3.8, 4) is 0 Å². The van der Waals surface area contributed by atoms with Crippen LogP contribution in [0.5, 0.6) is 0 Å². The van der Waals surface area contributed by atoms with Gasteiger partial charge in [-0.1, -0.05) is 20.8 Å². The number of likely N-dealkylation sites (tertiary alicyclic amines) is 1. The van der Waals surface area contributed by atoms with Crippen molar-refractivity contribution in [1.82, 2.24) is 10.2 Å². The minimum atomic E-state index is 0.278. The molecule has 1 fully saturated rings. The van der Waals surface area contributed by atoms with Gasteiger partial charge in [-0.25, -0.2) is 0 Å². The molecule has 2 nitrogen and oxygen atoms in total. The topological polar surface area (TPSA) is 15.3 Å². The van der Waals surface area contributed by atoms with Gasteiger partial charge in [-0.3, -0.25) is 4.90 Å². The maximum atomic E-state index is 3.72. The Morgan fingerprint density at radius 3 is 2.42 bits per heavy atom. The largest absolute Gasteiger partial charge is 0.310 e. The molecule has 1 N–H and O–H groups in total. The van der Waals surface area contributed by atoms with Crippen LogP contribution in [0.25, 0.3) is 0 Å². The maximum absolute atomic E-state index is 3.72. The molecule has 0 aliphatic carbocycles. The first-order chi connectivity index (χ1) is 8.85. The molecule has 2 atom stereocenters. The second-order valence-electron chi connectivity index (χ2n) is 7.44. The van der Waals surface area contributed by atoms with E-state index in [1.807, 2.05) is 0 Å². The first-order valence-corrected chi connectivity index (χ1v) is 8.34. The lowest BCUT2D eigenvalue weighted by Crippen LogP contribution is -2.47. The molecule has 0 aromatic carbocycles. The lowest BCUT2D eigenvalue weighted by molar-refractivity contribution is 0.193. The van der Waals surface area contributed by atoms with E-state index in [1.165, 1.54) is 38.8 Å². The van der Waals surface area contributed by atoms with Gasteiger partial charge in [0.1, 0.15) is 0 Å². The van der Waals surface area contributed by atoms with Crippen LogP contribution in [0.3, 0.4) is 0 Å². The Labute approximate surface area is 121 Å². The second-order valence-corrected chi connectivity index (χ2v) is 7.44. The summed E-state index contributed by atoms with van der Waals surface area (Å²) >= 11 is 0. The van der Waals surface area contributed by atoms with E-state index in [0.29, 0.717) is 6.04 Å². The summed E-state index contributed by atoms with van der Waals surface area (Å²) in [4.78, 5) is 2.70. The Kier molecular flexibility index (Phi) is 6.82. The average Bonchev–Trinajstić information content (AvgIpc) is 2.62. The van der Waals surface area contributed by atoms with Gasteiger partial charge in [0.05, 0.1) is 0 Å². The van der Waals surface area contributed by atoms with Crippen LogP contribution >= 0.6 is 0 Å². The zero-order valence-corrected chi connectivity index (χ0v) is 14.1. The molecule has 2 heteroatoms. The van der Waals surface area contributed by atoms with E-state index in [2.05, 4.69) is 51.8 Å². The molecule has 19 heavy (non-hydrogen) atoms. The summed E-state index contributed by atoms with van der Waals surface area (Å²) in [5, 5.41) is 3.72. The van der Waals surface area contributed by atoms with Gasteiger partial charge in [0.25, 0.3) is 0 Å². The Balaban J connectivity index is 2.38. The van der Waals surface area contributed by atoms with Crippen LogP contribution in [0.2, 0.25) is 0 Å². The summed E-state index contributed by atoms with van der Waals surface area (Å²) in [7, 11) is 0. The molecular formula is C17H36N2. The van der Waals surface area contributed by atoms with Crippen LogP contribution in [0.4, 0.5) is 0 Å². The van der Waals surface area contributed by atoms with Crippen LogP contribution < -0.4 is 5.32 Å². The van der Waals surface area contributed by atoms with Crippen molar-refractivity contribution < 1.29 is 0 Å². The Hall–Kier alpha value is -0.0800. The van der Waals surface area contributed by atoms with Crippen molar-refractivity contribution in [3.05, 3.63) is 0 Å². The standard InChI is InChI=1S/C17H36N2/c1-7-17(5,6)18-13-15(4)19-11-8-9-16(10-12-19)14(2)3/h14-16,18H,7-13H2,1-6H3. The quantitative estimate of drug-likeness (QED) is 0.785. The molecule has 1 aliphatic heterocycles. The van der Waals surface area contributed by atoms with E-state index in [1.54, 1.807) is 0 Å². The van der Waals surface area contributed by atoms with Gasteiger partial charge in [-0.05, 0) is 71.4 Å². The molecule has 1 rings (SSSR count). The number of nitrogens with one attached hydrogen (secondary N) is 1. The third kappa shape index (κ3) is 5.83. The minimum Gasteiger partial charge on any atom is -0.310 e. The van der Waals surface area contributed by atoms with Crippen molar-refractivity contribution >= 4 is 0 Å². The van der Waals surface area contributed by atoms with E-state index >= 15 is 0 Å². The lowest BCUT2D eigenvalue weighted by Gasteiger charge is -2.32. The number of hydrogen-bond donors (Lipinski definition) is 1. The zero-order valence-electron chi connectivity index (χ0n) is 14.1. The average molecular weight is 268 g/mol. The number of rotatable bonds is 6. The van der Waals surface area contributed by atoms with Gasteiger partial charge < -0.3 is 5.32 Å². The first kappa shape index (κ1) is 17.0. The van der Waals surface area contributed by atoms with Crippen molar-refractivity contribution in [2.45, 2.75) is 78.8 Å². The highest BCUT2D eigenvalue weighted by Gasteiger charge is 2.23. The fraction of sp³-hybridized carbons (Fsp3) is 1.00. The molecule has 2 unspecified atom stereocenters. The Morgan fingerprint density at radius 1 is 1.16 bits per heavy atom. The van der Waals surface area contributed by atoms with E-state index < -0.39 is 0 Å². The molecule has 0 radical (unpaired) electrons. The van der Waals surface area contributed by atoms with Gasteiger partial charge >= 0.3 is 0 Å². The van der Waals surface area contributed by atoms with Crippen LogP contribution in [-0.4, -0.2) is 36.1 Å². The summed E-state index contributed by atoms with van der Waals surface area (Å²) in [6.07, 6.45) is 5.38. The van der Waals surface area contributed by atoms with Gasteiger partial charge in [0.15, 0.2) is 0 Å². The molecule has 1 saturated heterocycles. The van der Waals surface area contributed by atoms with Crippen LogP contribution in [-0.2, 0) is 0 Å². The molecule has 0 amide bonds. The van der Waals surface area contributed by atoms with Gasteiger partial charge in [-0.15, -0.1) is 0 Å². The SMILES string of the molecule is CCC(C)(C)NCC(C)N1CCCC(C(C)C)CC1. The third-order valence-electron chi connectivity index (χ3n) is 5.13. The van der Waals surface area contributed by atoms with Crippen molar-refractivity contribution in [1.29, 1.82) is 0 Å². The van der Waals surface area contributed by atoms with E-state index in [0.717, 1.165) is 18.4 Å². The molecule has 0 aromatic heterocycles. The summed E-state index contributed by atoms with van der Waals surface area (Å²) in [6, 6.07) is 0.664. The summed E-state index contributed by atoms with van der Waals surface area (Å²) in [6.45, 7) is 17.7. The predicted octanol–water partition coefficient (Wildman–Crippen LogP) is 3.91. The van der Waals surface area contributed by atoms with E-state index in [9.17, 15) is 0 Å². The number of nitrogens with zero attached hydrogens (tertiary/aromatic N) is 1. The Bertz CT molecular complexity index is 248. The highest BCUT2D eigenvalue weighted by molar-refractivity contribution is 4.81. The second kappa shape index (κ2) is 7.64. The van der Waals surface area contributed by atoms with Crippen LogP contribution in [0.1, 0.15) is 67.2 Å². The van der Waals surface area contributed by atoms with E-state index in [4.69, 9.17) is 0 Å². The van der Waals surface area contributed by atoms with Crippen LogP contribution in [0, 0.1) is 11.8 Å². The molecule has 114 valence electrons. The van der Waals surface area contributed by atoms with Crippen molar-refractivity contribution in [2.75, 3.05) is 19.6 Å². The molecule has 0 bridgehead atoms. The molecule has 1 heterocycles. The highest BCUT2D eigenvalue weighted by atomic mass is 15.2. The lowest BCUT2D eigenvalue weighted by atomic mass is 9.89. The van der Waals surface area contributed by atoms with Crippen LogP contribution in [0.15, 0.2) is 0 Å². The summed E-state index contributed by atoms with van der Waals surface area (Å²) < 4.78 is 0. The number of hydrogen-bond acceptors (Lipinski definition) is 2. The fourth-order valence-corrected chi connectivity index (χ4v) is 2.93. The van der Waals surface area contributed by atoms with Crippen molar-refractivity contribution in [3.63, 3.8) is 0 Å². The van der Waals surface area contributed by atoms with Crippen molar-refractivity contribution in [2.24, 2.45) is 11.8 Å². The van der Waals surface area contributed by atoms with Gasteiger partial charge in [0.2, 0.25) is 0 Å². The predicted molar refractivity (Wildman–Crippen MR) is 85.6 cm³/mol. The third-order valence-corrected chi connectivity index (χ3v) is 5.13. The molecule has 1 aliphatic rings. The molecule has 0 spiro atoms. The highest BCUT2D eigenvalue weighted by Crippen LogP contribution is 2.25. The maximum Gasteiger partial charge on any atom is 0.0192 e. The fourth-order valence-electron chi connectivity index (χ4n) is 2.93. The normalized spacial score (nSPS) is 24.5. The van der Waals surface area contributed by atoms with Gasteiger partial charge in [-0.2, -0.15) is 0 Å². The monoisotopic (exact) mass is 268 g/mol. The summed E-state index contributed by atoms with van der Waals surface area (Å²) in [5.41, 5.74) is 0.278. The van der Waals surface area contributed by atoms with Gasteiger partial charge in [0, 0.05) is 18.1 Å². The van der Waals surface area contributed by atoms with E-state index in [-0.39, 0.29) is 5.54 Å². The minimum absolute atomic E-state index is 0.278. The zero-order chi connectivity index (χ0) is 14.5. The molecule has 0 saturated carbocycles. The summed E-state index contributed by atoms with van der Waals surface area (Å²) in [5.74, 6) is 1.80. The molecular weight excluding hydrogens is 232 g/mol. The Morgan fingerprint density at radius 2 is 1.84 bits per heavy atom. The first-order valence-electron chi connectivity index (χ1n) is 8.34. The smallest absolute Gasteiger partial charge is 0.0192 e. The molecule has 0 aromatic rings.